The van der Waals surface area contributed by atoms with Crippen LogP contribution in [0, 0.1) is 17.2 Å². The minimum absolute atomic E-state index is 0.418. The van der Waals surface area contributed by atoms with Crippen LogP contribution in [-0.4, -0.2) is 25.7 Å². The van der Waals surface area contributed by atoms with Crippen molar-refractivity contribution in [3.05, 3.63) is 28.8 Å². The smallest absolute Gasteiger partial charge is 0.101 e. The summed E-state index contributed by atoms with van der Waals surface area (Å²) in [7, 11) is 0. The standard InChI is InChI=1S/C16H22ClN3/c1-12(2)20(11-13-4-3-7-19-10-13)15-6-5-14(9-18)16(17)8-15/h5-6,8,12-13,19H,3-4,7,10-11H2,1-2H3. The zero-order valence-electron chi connectivity index (χ0n) is 12.2. The number of anilines is 1. The fourth-order valence-electron chi connectivity index (χ4n) is 2.75. The van der Waals surface area contributed by atoms with E-state index >= 15 is 0 Å². The van der Waals surface area contributed by atoms with Gasteiger partial charge in [-0.1, -0.05) is 11.6 Å². The summed E-state index contributed by atoms with van der Waals surface area (Å²) in [6, 6.07) is 8.25. The van der Waals surface area contributed by atoms with Gasteiger partial charge in [-0.3, -0.25) is 0 Å². The minimum Gasteiger partial charge on any atom is -0.369 e. The monoisotopic (exact) mass is 291 g/mol. The molecule has 1 aromatic rings. The molecular weight excluding hydrogens is 270 g/mol. The first-order valence-corrected chi connectivity index (χ1v) is 7.66. The summed E-state index contributed by atoms with van der Waals surface area (Å²) in [5.74, 6) is 0.681. The number of piperidine rings is 1. The maximum Gasteiger partial charge on any atom is 0.101 e. The molecule has 0 spiro atoms. The Kier molecular flexibility index (Phi) is 5.28. The molecular formula is C16H22ClN3. The van der Waals surface area contributed by atoms with Crippen molar-refractivity contribution in [1.29, 1.82) is 5.26 Å². The molecule has 1 atom stereocenters. The van der Waals surface area contributed by atoms with Crippen molar-refractivity contribution in [1.82, 2.24) is 5.32 Å². The molecule has 1 saturated heterocycles. The molecule has 2 rings (SSSR count). The quantitative estimate of drug-likeness (QED) is 0.924. The van der Waals surface area contributed by atoms with Crippen molar-refractivity contribution in [2.24, 2.45) is 5.92 Å². The van der Waals surface area contributed by atoms with Gasteiger partial charge >= 0.3 is 0 Å². The molecule has 0 aliphatic carbocycles. The van der Waals surface area contributed by atoms with Crippen LogP contribution in [0.25, 0.3) is 0 Å². The first kappa shape index (κ1) is 15.2. The molecule has 0 saturated carbocycles. The van der Waals surface area contributed by atoms with Crippen LogP contribution < -0.4 is 10.2 Å². The molecule has 1 aliphatic rings. The Morgan fingerprint density at radius 2 is 2.30 bits per heavy atom. The Bertz CT molecular complexity index is 487. The molecule has 1 aliphatic heterocycles. The topological polar surface area (TPSA) is 39.1 Å². The van der Waals surface area contributed by atoms with Crippen molar-refractivity contribution >= 4 is 17.3 Å². The summed E-state index contributed by atoms with van der Waals surface area (Å²) in [5, 5.41) is 13.0. The SMILES string of the molecule is CC(C)N(CC1CCCNC1)c1ccc(C#N)c(Cl)c1. The third-order valence-electron chi connectivity index (χ3n) is 3.88. The lowest BCUT2D eigenvalue weighted by Crippen LogP contribution is -2.41. The normalized spacial score (nSPS) is 18.9. The van der Waals surface area contributed by atoms with E-state index in [4.69, 9.17) is 16.9 Å². The van der Waals surface area contributed by atoms with E-state index in [-0.39, 0.29) is 0 Å². The van der Waals surface area contributed by atoms with Crippen molar-refractivity contribution in [2.75, 3.05) is 24.5 Å². The van der Waals surface area contributed by atoms with E-state index in [1.54, 1.807) is 0 Å². The third kappa shape index (κ3) is 3.65. The van der Waals surface area contributed by atoms with Gasteiger partial charge in [0, 0.05) is 18.3 Å². The Morgan fingerprint density at radius 1 is 1.50 bits per heavy atom. The first-order chi connectivity index (χ1) is 9.61. The summed E-state index contributed by atoms with van der Waals surface area (Å²) in [6.07, 6.45) is 2.53. The van der Waals surface area contributed by atoms with Gasteiger partial charge in [0.1, 0.15) is 6.07 Å². The molecule has 1 heterocycles. The molecule has 0 amide bonds. The van der Waals surface area contributed by atoms with Crippen LogP contribution in [-0.2, 0) is 0 Å². The highest BCUT2D eigenvalue weighted by Crippen LogP contribution is 2.26. The van der Waals surface area contributed by atoms with Gasteiger partial charge in [-0.05, 0) is 63.9 Å². The number of hydrogen-bond acceptors (Lipinski definition) is 3. The number of halogens is 1. The van der Waals surface area contributed by atoms with Crippen molar-refractivity contribution in [3.8, 4) is 6.07 Å². The number of nitriles is 1. The van der Waals surface area contributed by atoms with Gasteiger partial charge in [-0.2, -0.15) is 5.26 Å². The lowest BCUT2D eigenvalue weighted by atomic mass is 9.98. The van der Waals surface area contributed by atoms with E-state index in [1.807, 2.05) is 18.2 Å². The van der Waals surface area contributed by atoms with E-state index in [0.717, 1.165) is 25.3 Å². The number of benzene rings is 1. The van der Waals surface area contributed by atoms with Gasteiger partial charge in [0.2, 0.25) is 0 Å². The van der Waals surface area contributed by atoms with Crippen LogP contribution in [0.5, 0.6) is 0 Å². The highest BCUT2D eigenvalue weighted by molar-refractivity contribution is 6.32. The summed E-state index contributed by atoms with van der Waals surface area (Å²) in [4.78, 5) is 2.38. The molecule has 1 aromatic carbocycles. The number of nitrogens with one attached hydrogen (secondary N) is 1. The van der Waals surface area contributed by atoms with E-state index in [2.05, 4.69) is 30.1 Å². The van der Waals surface area contributed by atoms with Gasteiger partial charge in [-0.25, -0.2) is 0 Å². The van der Waals surface area contributed by atoms with Gasteiger partial charge in [0.05, 0.1) is 10.6 Å². The molecule has 20 heavy (non-hydrogen) atoms. The number of hydrogen-bond donors (Lipinski definition) is 1. The van der Waals surface area contributed by atoms with Gasteiger partial charge < -0.3 is 10.2 Å². The second kappa shape index (κ2) is 6.97. The maximum absolute atomic E-state index is 8.96. The predicted molar refractivity (Wildman–Crippen MR) is 84.2 cm³/mol. The van der Waals surface area contributed by atoms with Crippen LogP contribution >= 0.6 is 11.6 Å². The fraction of sp³-hybridized carbons (Fsp3) is 0.562. The van der Waals surface area contributed by atoms with Gasteiger partial charge in [-0.15, -0.1) is 0 Å². The average Bonchev–Trinajstić information content (AvgIpc) is 2.45. The molecule has 3 nitrogen and oxygen atoms in total. The lowest BCUT2D eigenvalue weighted by Gasteiger charge is -2.34. The minimum atomic E-state index is 0.418. The van der Waals surface area contributed by atoms with Crippen molar-refractivity contribution in [3.63, 3.8) is 0 Å². The maximum atomic E-state index is 8.96. The molecule has 1 fully saturated rings. The van der Waals surface area contributed by atoms with E-state index in [1.165, 1.54) is 12.8 Å². The Balaban J connectivity index is 2.15. The van der Waals surface area contributed by atoms with Crippen molar-refractivity contribution in [2.45, 2.75) is 32.7 Å². The first-order valence-electron chi connectivity index (χ1n) is 7.29. The Morgan fingerprint density at radius 3 is 2.85 bits per heavy atom. The zero-order valence-corrected chi connectivity index (χ0v) is 13.0. The average molecular weight is 292 g/mol. The second-order valence-corrected chi connectivity index (χ2v) is 6.14. The molecule has 1 N–H and O–H groups in total. The van der Waals surface area contributed by atoms with E-state index in [0.29, 0.717) is 22.5 Å². The summed E-state index contributed by atoms with van der Waals surface area (Å²) >= 11 is 6.16. The summed E-state index contributed by atoms with van der Waals surface area (Å²) in [6.45, 7) is 7.66. The van der Waals surface area contributed by atoms with Crippen LogP contribution in [0.4, 0.5) is 5.69 Å². The summed E-state index contributed by atoms with van der Waals surface area (Å²) < 4.78 is 0. The highest BCUT2D eigenvalue weighted by atomic mass is 35.5. The fourth-order valence-corrected chi connectivity index (χ4v) is 2.96. The Hall–Kier alpha value is -1.24. The highest BCUT2D eigenvalue weighted by Gasteiger charge is 2.19. The number of rotatable bonds is 4. The van der Waals surface area contributed by atoms with Crippen LogP contribution in [0.2, 0.25) is 5.02 Å². The summed E-state index contributed by atoms with van der Waals surface area (Å²) in [5.41, 5.74) is 1.65. The number of nitrogens with zero attached hydrogens (tertiary/aromatic N) is 2. The van der Waals surface area contributed by atoms with Crippen LogP contribution in [0.15, 0.2) is 18.2 Å². The zero-order chi connectivity index (χ0) is 14.5. The van der Waals surface area contributed by atoms with Crippen molar-refractivity contribution < 1.29 is 0 Å². The largest absolute Gasteiger partial charge is 0.369 e. The molecule has 0 aromatic heterocycles. The molecule has 4 heteroatoms. The molecule has 108 valence electrons. The molecule has 0 bridgehead atoms. The lowest BCUT2D eigenvalue weighted by molar-refractivity contribution is 0.371. The van der Waals surface area contributed by atoms with Gasteiger partial charge in [0.15, 0.2) is 0 Å². The predicted octanol–water partition coefficient (Wildman–Crippen LogP) is 3.43. The molecule has 0 radical (unpaired) electrons. The Labute approximate surface area is 126 Å². The molecule has 1 unspecified atom stereocenters. The van der Waals surface area contributed by atoms with Crippen LogP contribution in [0.3, 0.4) is 0 Å². The van der Waals surface area contributed by atoms with E-state index in [9.17, 15) is 0 Å². The van der Waals surface area contributed by atoms with E-state index < -0.39 is 0 Å². The van der Waals surface area contributed by atoms with Gasteiger partial charge in [0.25, 0.3) is 0 Å². The third-order valence-corrected chi connectivity index (χ3v) is 4.19. The van der Waals surface area contributed by atoms with Crippen LogP contribution in [0.1, 0.15) is 32.3 Å². The second-order valence-electron chi connectivity index (χ2n) is 5.73.